The minimum absolute atomic E-state index is 0.161. The Morgan fingerprint density at radius 2 is 2.38 bits per heavy atom. The molecule has 1 fully saturated rings. The lowest BCUT2D eigenvalue weighted by Gasteiger charge is -2.08. The molecule has 2 heterocycles. The molecule has 0 radical (unpaired) electrons. The molecule has 5 heteroatoms. The van der Waals surface area contributed by atoms with E-state index in [0.29, 0.717) is 28.8 Å². The van der Waals surface area contributed by atoms with Crippen molar-refractivity contribution in [2.24, 2.45) is 5.92 Å². The van der Waals surface area contributed by atoms with E-state index in [-0.39, 0.29) is 5.91 Å². The minimum atomic E-state index is -0.161. The van der Waals surface area contributed by atoms with Gasteiger partial charge in [0.1, 0.15) is 0 Å². The van der Waals surface area contributed by atoms with E-state index in [1.54, 1.807) is 6.07 Å². The summed E-state index contributed by atoms with van der Waals surface area (Å²) < 4.78 is 5.66. The maximum absolute atomic E-state index is 12.3. The minimum Gasteiger partial charge on any atom is -0.449 e. The zero-order chi connectivity index (χ0) is 14.8. The second-order valence-electron chi connectivity index (χ2n) is 5.58. The molecule has 0 saturated carbocycles. The van der Waals surface area contributed by atoms with Gasteiger partial charge in [-0.2, -0.15) is 0 Å². The number of halogens is 1. The summed E-state index contributed by atoms with van der Waals surface area (Å²) in [4.78, 5) is 12.3. The van der Waals surface area contributed by atoms with Crippen LogP contribution in [0.4, 0.5) is 0 Å². The van der Waals surface area contributed by atoms with Gasteiger partial charge in [-0.3, -0.25) is 4.79 Å². The summed E-state index contributed by atoms with van der Waals surface area (Å²) in [6.07, 6.45) is 2.19. The molecule has 1 aliphatic rings. The second-order valence-corrected chi connectivity index (χ2v) is 5.98. The molecule has 3 rings (SSSR count). The Labute approximate surface area is 128 Å². The Hall–Kier alpha value is -1.52. The van der Waals surface area contributed by atoms with Crippen molar-refractivity contribution in [3.63, 3.8) is 0 Å². The number of para-hydroxylation sites is 1. The number of amides is 1. The maximum Gasteiger partial charge on any atom is 0.287 e. The van der Waals surface area contributed by atoms with Gasteiger partial charge < -0.3 is 15.1 Å². The van der Waals surface area contributed by atoms with Crippen molar-refractivity contribution in [3.8, 4) is 0 Å². The summed E-state index contributed by atoms with van der Waals surface area (Å²) in [6, 6.07) is 5.55. The van der Waals surface area contributed by atoms with Crippen molar-refractivity contribution >= 4 is 28.5 Å². The smallest absolute Gasteiger partial charge is 0.287 e. The molecule has 1 aromatic heterocycles. The Morgan fingerprint density at radius 3 is 3.10 bits per heavy atom. The molecule has 1 aromatic carbocycles. The van der Waals surface area contributed by atoms with E-state index < -0.39 is 0 Å². The van der Waals surface area contributed by atoms with Gasteiger partial charge in [0.25, 0.3) is 5.91 Å². The number of rotatable bonds is 4. The third-order valence-corrected chi connectivity index (χ3v) is 4.42. The Bertz CT molecular complexity index is 660. The Morgan fingerprint density at radius 1 is 1.52 bits per heavy atom. The van der Waals surface area contributed by atoms with Crippen LogP contribution in [0.1, 0.15) is 29.0 Å². The van der Waals surface area contributed by atoms with Gasteiger partial charge in [-0.1, -0.05) is 23.7 Å². The van der Waals surface area contributed by atoms with Crippen LogP contribution in [-0.4, -0.2) is 25.5 Å². The molecule has 21 heavy (non-hydrogen) atoms. The fraction of sp³-hybridized carbons (Fsp3) is 0.438. The average Bonchev–Trinajstić information content (AvgIpc) is 3.08. The van der Waals surface area contributed by atoms with E-state index in [1.807, 2.05) is 19.1 Å². The van der Waals surface area contributed by atoms with E-state index in [0.717, 1.165) is 30.5 Å². The summed E-state index contributed by atoms with van der Waals surface area (Å²) in [5.41, 5.74) is 1.43. The topological polar surface area (TPSA) is 54.3 Å². The molecule has 0 spiro atoms. The lowest BCUT2D eigenvalue weighted by molar-refractivity contribution is 0.0925. The quantitative estimate of drug-likeness (QED) is 0.912. The number of fused-ring (bicyclic) bond motifs is 1. The SMILES string of the molecule is Cc1c(C(=O)NCCC2CCNC2)oc2c(Cl)cccc12. The number of aryl methyl sites for hydroxylation is 1. The number of benzene rings is 1. The summed E-state index contributed by atoms with van der Waals surface area (Å²) in [7, 11) is 0. The molecule has 4 nitrogen and oxygen atoms in total. The van der Waals surface area contributed by atoms with Crippen molar-refractivity contribution in [1.29, 1.82) is 0 Å². The van der Waals surface area contributed by atoms with Gasteiger partial charge in [0, 0.05) is 17.5 Å². The number of furan rings is 1. The Balaban J connectivity index is 1.69. The molecular formula is C16H19ClN2O2. The predicted molar refractivity (Wildman–Crippen MR) is 83.9 cm³/mol. The fourth-order valence-electron chi connectivity index (χ4n) is 2.86. The van der Waals surface area contributed by atoms with Crippen LogP contribution in [-0.2, 0) is 0 Å². The van der Waals surface area contributed by atoms with Gasteiger partial charge in [-0.05, 0) is 44.8 Å². The highest BCUT2D eigenvalue weighted by atomic mass is 35.5. The molecular weight excluding hydrogens is 288 g/mol. The molecule has 112 valence electrons. The Kier molecular flexibility index (Phi) is 4.17. The monoisotopic (exact) mass is 306 g/mol. The summed E-state index contributed by atoms with van der Waals surface area (Å²) in [5, 5.41) is 7.70. The van der Waals surface area contributed by atoms with E-state index in [9.17, 15) is 4.79 Å². The van der Waals surface area contributed by atoms with Crippen LogP contribution >= 0.6 is 11.6 Å². The molecule has 1 unspecified atom stereocenters. The van der Waals surface area contributed by atoms with Crippen LogP contribution in [0.25, 0.3) is 11.0 Å². The highest BCUT2D eigenvalue weighted by Crippen LogP contribution is 2.30. The first-order valence-corrected chi connectivity index (χ1v) is 7.71. The molecule has 0 aliphatic carbocycles. The van der Waals surface area contributed by atoms with Crippen molar-refractivity contribution < 1.29 is 9.21 Å². The van der Waals surface area contributed by atoms with E-state index in [1.165, 1.54) is 6.42 Å². The third kappa shape index (κ3) is 2.92. The highest BCUT2D eigenvalue weighted by molar-refractivity contribution is 6.35. The van der Waals surface area contributed by atoms with Crippen LogP contribution in [0.2, 0.25) is 5.02 Å². The molecule has 1 aliphatic heterocycles. The van der Waals surface area contributed by atoms with E-state index >= 15 is 0 Å². The van der Waals surface area contributed by atoms with Gasteiger partial charge in [-0.25, -0.2) is 0 Å². The van der Waals surface area contributed by atoms with Gasteiger partial charge >= 0.3 is 0 Å². The summed E-state index contributed by atoms with van der Waals surface area (Å²) >= 11 is 6.11. The number of hydrogen-bond acceptors (Lipinski definition) is 3. The second kappa shape index (κ2) is 6.08. The van der Waals surface area contributed by atoms with Crippen molar-refractivity contribution in [2.75, 3.05) is 19.6 Å². The molecule has 1 saturated heterocycles. The first kappa shape index (κ1) is 14.4. The van der Waals surface area contributed by atoms with Crippen molar-refractivity contribution in [3.05, 3.63) is 34.5 Å². The molecule has 2 N–H and O–H groups in total. The molecule has 1 amide bonds. The lowest BCUT2D eigenvalue weighted by Crippen LogP contribution is -2.26. The summed E-state index contributed by atoms with van der Waals surface area (Å²) in [6.45, 7) is 4.70. The van der Waals surface area contributed by atoms with Crippen molar-refractivity contribution in [1.82, 2.24) is 10.6 Å². The van der Waals surface area contributed by atoms with Crippen molar-refractivity contribution in [2.45, 2.75) is 19.8 Å². The van der Waals surface area contributed by atoms with Crippen LogP contribution < -0.4 is 10.6 Å². The molecule has 0 bridgehead atoms. The molecule has 2 aromatic rings. The van der Waals surface area contributed by atoms with Gasteiger partial charge in [0.2, 0.25) is 0 Å². The van der Waals surface area contributed by atoms with Gasteiger partial charge in [0.05, 0.1) is 5.02 Å². The van der Waals surface area contributed by atoms with Gasteiger partial charge in [0.15, 0.2) is 11.3 Å². The summed E-state index contributed by atoms with van der Waals surface area (Å²) in [5.74, 6) is 0.866. The zero-order valence-corrected chi connectivity index (χ0v) is 12.8. The number of carbonyl (C=O) groups excluding carboxylic acids is 1. The van der Waals surface area contributed by atoms with Crippen LogP contribution in [0.3, 0.4) is 0 Å². The zero-order valence-electron chi connectivity index (χ0n) is 12.0. The standard InChI is InChI=1S/C16H19ClN2O2/c1-10-12-3-2-4-13(17)15(12)21-14(10)16(20)19-8-6-11-5-7-18-9-11/h2-4,11,18H,5-9H2,1H3,(H,19,20). The average molecular weight is 307 g/mol. The van der Waals surface area contributed by atoms with Crippen LogP contribution in [0.15, 0.2) is 22.6 Å². The lowest BCUT2D eigenvalue weighted by atomic mass is 10.1. The van der Waals surface area contributed by atoms with E-state index in [2.05, 4.69) is 10.6 Å². The maximum atomic E-state index is 12.3. The van der Waals surface area contributed by atoms with E-state index in [4.69, 9.17) is 16.0 Å². The first-order chi connectivity index (χ1) is 10.2. The predicted octanol–water partition coefficient (Wildman–Crippen LogP) is 3.12. The normalized spacial score (nSPS) is 18.3. The fourth-order valence-corrected chi connectivity index (χ4v) is 3.07. The van der Waals surface area contributed by atoms with Gasteiger partial charge in [-0.15, -0.1) is 0 Å². The number of hydrogen-bond donors (Lipinski definition) is 2. The number of carbonyl (C=O) groups is 1. The van der Waals surface area contributed by atoms with Crippen LogP contribution in [0, 0.1) is 12.8 Å². The third-order valence-electron chi connectivity index (χ3n) is 4.12. The number of nitrogens with one attached hydrogen (secondary N) is 2. The molecule has 1 atom stereocenters. The highest BCUT2D eigenvalue weighted by Gasteiger charge is 2.19. The first-order valence-electron chi connectivity index (χ1n) is 7.33. The van der Waals surface area contributed by atoms with Crippen LogP contribution in [0.5, 0.6) is 0 Å². The largest absolute Gasteiger partial charge is 0.449 e.